The molecule has 0 radical (unpaired) electrons. The zero-order valence-electron chi connectivity index (χ0n) is 23.6. The summed E-state index contributed by atoms with van der Waals surface area (Å²) in [6.45, 7) is 1.48. The molecule has 2 aromatic rings. The van der Waals surface area contributed by atoms with E-state index < -0.39 is 29.6 Å². The second-order valence-corrected chi connectivity index (χ2v) is 11.5. The van der Waals surface area contributed by atoms with Gasteiger partial charge in [-0.15, -0.1) is 0 Å². The lowest BCUT2D eigenvalue weighted by molar-refractivity contribution is -0.124. The summed E-state index contributed by atoms with van der Waals surface area (Å²) in [4.78, 5) is 37.2. The monoisotopic (exact) mass is 553 g/mol. The minimum atomic E-state index is -0.952. The van der Waals surface area contributed by atoms with Gasteiger partial charge in [-0.3, -0.25) is 9.59 Å². The van der Waals surface area contributed by atoms with E-state index in [0.717, 1.165) is 42.9 Å². The number of rotatable bonds is 16. The number of phenols is 1. The smallest absolute Gasteiger partial charge is 0.255 e. The van der Waals surface area contributed by atoms with E-state index in [1.807, 2.05) is 30.3 Å². The van der Waals surface area contributed by atoms with Gasteiger partial charge in [0.1, 0.15) is 23.1 Å². The molecule has 3 N–H and O–H groups in total. The molecule has 7 heteroatoms. The Hall–Kier alpha value is -3.06. The summed E-state index contributed by atoms with van der Waals surface area (Å²) < 4.78 is 13.5. The molecule has 40 heavy (non-hydrogen) atoms. The van der Waals surface area contributed by atoms with Gasteiger partial charge in [-0.1, -0.05) is 75.3 Å². The second kappa shape index (κ2) is 16.3. The molecule has 0 bridgehead atoms. The van der Waals surface area contributed by atoms with Crippen LogP contribution in [-0.2, 0) is 16.0 Å². The number of amides is 1. The maximum atomic E-state index is 13.5. The van der Waals surface area contributed by atoms with Gasteiger partial charge in [-0.25, -0.2) is 4.39 Å². The van der Waals surface area contributed by atoms with E-state index in [9.17, 15) is 29.0 Å². The Kier molecular flexibility index (Phi) is 12.8. The number of hydrogen-bond donors (Lipinski definition) is 3. The van der Waals surface area contributed by atoms with E-state index in [0.29, 0.717) is 19.3 Å². The molecule has 2 aromatic carbocycles. The predicted molar refractivity (Wildman–Crippen MR) is 154 cm³/mol. The van der Waals surface area contributed by atoms with Gasteiger partial charge in [0.2, 0.25) is 0 Å². The van der Waals surface area contributed by atoms with Crippen LogP contribution in [0.15, 0.2) is 48.5 Å². The molecule has 0 spiro atoms. The van der Waals surface area contributed by atoms with Gasteiger partial charge in [-0.05, 0) is 55.7 Å². The highest BCUT2D eigenvalue weighted by Gasteiger charge is 2.27. The lowest BCUT2D eigenvalue weighted by atomic mass is 9.82. The fourth-order valence-corrected chi connectivity index (χ4v) is 5.81. The molecule has 0 unspecified atom stereocenters. The third kappa shape index (κ3) is 10.8. The Bertz CT molecular complexity index is 1100. The number of carbonyl (C=O) groups excluding carboxylic acids is 3. The molecule has 0 aromatic heterocycles. The third-order valence-electron chi connectivity index (χ3n) is 8.08. The van der Waals surface area contributed by atoms with Crippen LogP contribution < -0.4 is 5.32 Å². The highest BCUT2D eigenvalue weighted by Crippen LogP contribution is 2.30. The summed E-state index contributed by atoms with van der Waals surface area (Å²) >= 11 is 0. The van der Waals surface area contributed by atoms with Crippen LogP contribution in [0, 0.1) is 17.7 Å². The predicted octanol–water partition coefficient (Wildman–Crippen LogP) is 6.32. The molecule has 1 saturated carbocycles. The molecule has 3 rings (SSSR count). The average molecular weight is 554 g/mol. The van der Waals surface area contributed by atoms with Gasteiger partial charge < -0.3 is 20.3 Å². The van der Waals surface area contributed by atoms with Gasteiger partial charge in [0, 0.05) is 25.3 Å². The number of nitrogens with one attached hydrogen (secondary N) is 1. The van der Waals surface area contributed by atoms with Crippen molar-refractivity contribution in [1.82, 2.24) is 5.32 Å². The van der Waals surface area contributed by atoms with Crippen LogP contribution in [0.25, 0.3) is 0 Å². The van der Waals surface area contributed by atoms with Crippen molar-refractivity contribution in [2.75, 3.05) is 0 Å². The van der Waals surface area contributed by atoms with Crippen molar-refractivity contribution in [3.05, 3.63) is 65.5 Å². The van der Waals surface area contributed by atoms with E-state index in [4.69, 9.17) is 0 Å². The quantitative estimate of drug-likeness (QED) is 0.226. The number of aliphatic hydroxyl groups excluding tert-OH is 1. The summed E-state index contributed by atoms with van der Waals surface area (Å²) in [5.41, 5.74) is 0.844. The molecule has 1 amide bonds. The minimum Gasteiger partial charge on any atom is -0.507 e. The number of carbonyl (C=O) groups is 3. The first-order valence-corrected chi connectivity index (χ1v) is 14.7. The van der Waals surface area contributed by atoms with Gasteiger partial charge in [0.15, 0.2) is 0 Å². The van der Waals surface area contributed by atoms with Gasteiger partial charge in [-0.2, -0.15) is 0 Å². The van der Waals surface area contributed by atoms with Crippen LogP contribution in [0.1, 0.15) is 99.9 Å². The SMILES string of the molecule is CC(=O)CCC(=O)C[C@@H](CCCC1CCCCC1)C[C@H](O)[C@H](Cc1ccccc1)NC(=O)c1ccc(F)cc1O. The lowest BCUT2D eigenvalue weighted by Gasteiger charge is -2.28. The van der Waals surface area contributed by atoms with E-state index in [1.54, 1.807) is 0 Å². The van der Waals surface area contributed by atoms with Crippen LogP contribution in [0.4, 0.5) is 4.39 Å². The van der Waals surface area contributed by atoms with Crippen LogP contribution in [0.5, 0.6) is 5.75 Å². The standard InChI is InChI=1S/C33H44FNO5/c1-23(36)15-17-28(37)19-26(14-8-13-24-9-4-2-5-10-24)21-32(39)30(20-25-11-6-3-7-12-25)35-33(40)29-18-16-27(34)22-31(29)38/h3,6-7,11-12,16,18,22,24,26,30,32,38-39H,2,4-5,8-10,13-15,17,19-21H2,1H3,(H,35,40)/t26-,30+,32+/m1/s1. The fourth-order valence-electron chi connectivity index (χ4n) is 5.81. The second-order valence-electron chi connectivity index (χ2n) is 11.5. The molecule has 1 fully saturated rings. The van der Waals surface area contributed by atoms with E-state index >= 15 is 0 Å². The largest absolute Gasteiger partial charge is 0.507 e. The number of ketones is 2. The highest BCUT2D eigenvalue weighted by atomic mass is 19.1. The number of aliphatic hydroxyl groups is 1. The van der Waals surface area contributed by atoms with Crippen LogP contribution in [0.2, 0.25) is 0 Å². The van der Waals surface area contributed by atoms with E-state index in [2.05, 4.69) is 5.32 Å². The normalized spacial score (nSPS) is 16.2. The van der Waals surface area contributed by atoms with Crippen molar-refractivity contribution in [1.29, 1.82) is 0 Å². The maximum Gasteiger partial charge on any atom is 0.255 e. The van der Waals surface area contributed by atoms with Crippen molar-refractivity contribution in [3.8, 4) is 5.75 Å². The van der Waals surface area contributed by atoms with Crippen LogP contribution in [0.3, 0.4) is 0 Å². The van der Waals surface area contributed by atoms with Gasteiger partial charge in [0.05, 0.1) is 17.7 Å². The maximum absolute atomic E-state index is 13.5. The number of hydrogen-bond acceptors (Lipinski definition) is 5. The van der Waals surface area contributed by atoms with Crippen molar-refractivity contribution >= 4 is 17.5 Å². The molecule has 0 heterocycles. The van der Waals surface area contributed by atoms with Crippen LogP contribution in [-0.4, -0.2) is 39.8 Å². The first-order valence-electron chi connectivity index (χ1n) is 14.7. The number of halogens is 1. The Balaban J connectivity index is 1.72. The van der Waals surface area contributed by atoms with E-state index in [-0.39, 0.29) is 35.9 Å². The van der Waals surface area contributed by atoms with Crippen molar-refractivity contribution in [3.63, 3.8) is 0 Å². The zero-order chi connectivity index (χ0) is 28.9. The van der Waals surface area contributed by atoms with Crippen LogP contribution >= 0.6 is 0 Å². The number of benzene rings is 2. The topological polar surface area (TPSA) is 104 Å². The fraction of sp³-hybridized carbons (Fsp3) is 0.545. The number of Topliss-reactive ketones (excluding diaryl/α,β-unsaturated/α-hetero) is 2. The van der Waals surface area contributed by atoms with Crippen molar-refractivity contribution in [2.45, 2.75) is 103 Å². The molecule has 218 valence electrons. The molecular formula is C33H44FNO5. The Morgan fingerprint density at radius 2 is 1.75 bits per heavy atom. The summed E-state index contributed by atoms with van der Waals surface area (Å²) in [5, 5.41) is 24.4. The molecule has 1 aliphatic carbocycles. The zero-order valence-corrected chi connectivity index (χ0v) is 23.6. The average Bonchev–Trinajstić information content (AvgIpc) is 2.92. The Morgan fingerprint density at radius 3 is 2.42 bits per heavy atom. The molecule has 6 nitrogen and oxygen atoms in total. The van der Waals surface area contributed by atoms with E-state index in [1.165, 1.54) is 45.1 Å². The number of aromatic hydroxyl groups is 1. The summed E-state index contributed by atoms with van der Waals surface area (Å²) in [6.07, 6.45) is 9.70. The summed E-state index contributed by atoms with van der Waals surface area (Å²) in [7, 11) is 0. The Labute approximate surface area is 237 Å². The molecular weight excluding hydrogens is 509 g/mol. The Morgan fingerprint density at radius 1 is 1.02 bits per heavy atom. The van der Waals surface area contributed by atoms with Gasteiger partial charge >= 0.3 is 0 Å². The number of phenolic OH excluding ortho intramolecular Hbond substituents is 1. The summed E-state index contributed by atoms with van der Waals surface area (Å²) in [5.74, 6) is -1.08. The van der Waals surface area contributed by atoms with Crippen molar-refractivity contribution in [2.24, 2.45) is 11.8 Å². The molecule has 0 saturated heterocycles. The lowest BCUT2D eigenvalue weighted by Crippen LogP contribution is -2.45. The third-order valence-corrected chi connectivity index (χ3v) is 8.08. The first-order chi connectivity index (χ1) is 19.2. The highest BCUT2D eigenvalue weighted by molar-refractivity contribution is 5.97. The van der Waals surface area contributed by atoms with Gasteiger partial charge in [0.25, 0.3) is 5.91 Å². The minimum absolute atomic E-state index is 0.0167. The molecule has 1 aliphatic rings. The summed E-state index contributed by atoms with van der Waals surface area (Å²) in [6, 6.07) is 12.0. The van der Waals surface area contributed by atoms with Crippen molar-refractivity contribution < 1.29 is 29.0 Å². The molecule has 3 atom stereocenters. The molecule has 0 aliphatic heterocycles. The first kappa shape index (κ1) is 31.5.